The van der Waals surface area contributed by atoms with Crippen LogP contribution in [0.2, 0.25) is 6.82 Å². The predicted octanol–water partition coefficient (Wildman–Crippen LogP) is 14.1. The van der Waals surface area contributed by atoms with Crippen LogP contribution in [-0.4, -0.2) is 60.7 Å². The van der Waals surface area contributed by atoms with Gasteiger partial charge in [0.1, 0.15) is 52.7 Å². The highest BCUT2D eigenvalue weighted by atomic mass is 79.9. The van der Waals surface area contributed by atoms with Gasteiger partial charge in [-0.1, -0.05) is 196 Å². The molecule has 91 heavy (non-hydrogen) atoms. The van der Waals surface area contributed by atoms with E-state index in [-0.39, 0.29) is 11.7 Å². The summed E-state index contributed by atoms with van der Waals surface area (Å²) in [5.41, 5.74) is 26.5. The van der Waals surface area contributed by atoms with Crippen LogP contribution < -0.4 is 22.4 Å². The average molecular weight is 1380 g/mol. The van der Waals surface area contributed by atoms with Gasteiger partial charge in [-0.25, -0.2) is 24.6 Å². The summed E-state index contributed by atoms with van der Waals surface area (Å²) in [6.07, 6.45) is 6.73. The predicted molar refractivity (Wildman–Crippen MR) is 372 cm³/mol. The average Bonchev–Trinajstić information content (AvgIpc) is 2.03. The Kier molecular flexibility index (Phi) is 27.1. The first-order chi connectivity index (χ1) is 43.9. The van der Waals surface area contributed by atoms with E-state index in [1.165, 1.54) is 0 Å². The molecule has 0 saturated heterocycles. The van der Waals surface area contributed by atoms with Crippen molar-refractivity contribution in [1.29, 1.82) is 26.6 Å². The molecule has 0 aliphatic carbocycles. The maximum absolute atomic E-state index is 9.11. The Labute approximate surface area is 553 Å². The van der Waals surface area contributed by atoms with Crippen LogP contribution in [0.15, 0.2) is 257 Å². The van der Waals surface area contributed by atoms with Crippen LogP contribution in [0.3, 0.4) is 0 Å². The summed E-state index contributed by atoms with van der Waals surface area (Å²) in [7, 11) is -1.37. The van der Waals surface area contributed by atoms with E-state index in [2.05, 4.69) is 77.4 Å². The third-order valence-corrected chi connectivity index (χ3v) is 14.3. The number of nitrogens with zero attached hydrogens (tertiary/aromatic N) is 9. The third-order valence-electron chi connectivity index (χ3n) is 12.8. The molecule has 0 aliphatic heterocycles. The molecule has 9 N–H and O–H groups in total. The van der Waals surface area contributed by atoms with Crippen LogP contribution in [0.1, 0.15) is 28.3 Å². The van der Waals surface area contributed by atoms with Crippen molar-refractivity contribution < 1.29 is 15.1 Å². The second-order valence-electron chi connectivity index (χ2n) is 19.0. The summed E-state index contributed by atoms with van der Waals surface area (Å²) in [6.45, 7) is 14.9. The zero-order valence-corrected chi connectivity index (χ0v) is 53.2. The molecule has 0 amide bonds. The molecule has 0 spiro atoms. The highest BCUT2D eigenvalue weighted by Gasteiger charge is 2.10. The Hall–Kier alpha value is -11.0. The van der Waals surface area contributed by atoms with Crippen molar-refractivity contribution in [1.82, 2.24) is 19.9 Å². The van der Waals surface area contributed by atoms with Crippen molar-refractivity contribution >= 4 is 95.8 Å². The first-order valence-corrected chi connectivity index (χ1v) is 29.5. The smallest absolute Gasteiger partial charge is 0.447 e. The first kappa shape index (κ1) is 69.1. The normalized spacial score (nSPS) is 9.60. The zero-order valence-electron chi connectivity index (χ0n) is 48.4. The molecule has 0 unspecified atom stereocenters. The molecule has 11 aromatic rings. The molecule has 16 nitrogen and oxygen atoms in total. The molecule has 0 radical (unpaired) electrons. The van der Waals surface area contributed by atoms with E-state index in [0.29, 0.717) is 45.2 Å². The molecule has 442 valence electrons. The van der Waals surface area contributed by atoms with Crippen LogP contribution in [-0.2, 0) is 0 Å². The van der Waals surface area contributed by atoms with Crippen molar-refractivity contribution in [3.8, 4) is 73.8 Å². The summed E-state index contributed by atoms with van der Waals surface area (Å²) < 4.78 is 2.87. The number of aromatic nitrogens is 4. The van der Waals surface area contributed by atoms with Gasteiger partial charge in [0.25, 0.3) is 0 Å². The largest absolute Gasteiger partial charge is 0.488 e. The van der Waals surface area contributed by atoms with Crippen molar-refractivity contribution in [2.75, 3.05) is 0 Å². The number of nitriles is 3. The molecule has 0 fully saturated rings. The molecule has 4 aromatic heterocycles. The fourth-order valence-corrected chi connectivity index (χ4v) is 8.58. The van der Waals surface area contributed by atoms with Crippen LogP contribution in [0.25, 0.3) is 65.3 Å². The summed E-state index contributed by atoms with van der Waals surface area (Å²) >= 11 is 9.82. The topological polar surface area (TPSA) is 292 Å². The van der Waals surface area contributed by atoms with E-state index in [1.807, 2.05) is 158 Å². The lowest BCUT2D eigenvalue weighted by Gasteiger charge is -2.06. The Balaban J connectivity index is 0.000000181. The lowest BCUT2D eigenvalue weighted by atomic mass is 9.64. The zero-order chi connectivity index (χ0) is 65.7. The van der Waals surface area contributed by atoms with Gasteiger partial charge in [0.05, 0.1) is 13.1 Å². The Bertz CT molecular complexity index is 4220. The minimum absolute atomic E-state index is 0.0362. The van der Waals surface area contributed by atoms with Crippen molar-refractivity contribution in [3.05, 3.63) is 308 Å². The Morgan fingerprint density at radius 2 is 0.692 bits per heavy atom. The number of hydrogen-bond donors (Lipinski definition) is 7. The van der Waals surface area contributed by atoms with Gasteiger partial charge in [-0.3, -0.25) is 15.8 Å². The van der Waals surface area contributed by atoms with E-state index >= 15 is 0 Å². The highest BCUT2D eigenvalue weighted by molar-refractivity contribution is 9.11. The highest BCUT2D eigenvalue weighted by Crippen LogP contribution is 2.28. The fraction of sp³-hybridized carbons (Fsp3) is 0.0143. The maximum Gasteiger partial charge on any atom is 0.488 e. The van der Waals surface area contributed by atoms with Gasteiger partial charge in [0, 0.05) is 60.5 Å². The van der Waals surface area contributed by atoms with Gasteiger partial charge in [-0.2, -0.15) is 15.8 Å². The number of nitrogens with one attached hydrogen (secondary N) is 2. The number of amidine groups is 2. The molecule has 21 heteroatoms. The number of nitrogen functional groups attached to an aromatic ring is 2. The van der Waals surface area contributed by atoms with Crippen LogP contribution >= 0.6 is 47.8 Å². The third kappa shape index (κ3) is 22.3. The number of pyridine rings is 4. The lowest BCUT2D eigenvalue weighted by molar-refractivity contribution is 0.426. The molecular weight excluding hydrogens is 1330 g/mol. The second kappa shape index (κ2) is 35.7. The van der Waals surface area contributed by atoms with E-state index in [0.717, 1.165) is 74.5 Å². The van der Waals surface area contributed by atoms with Gasteiger partial charge >= 0.3 is 14.0 Å². The minimum atomic E-state index is -1.37. The van der Waals surface area contributed by atoms with E-state index in [9.17, 15) is 0 Å². The Morgan fingerprint density at radius 1 is 0.396 bits per heavy atom. The molecule has 4 heterocycles. The molecule has 11 rings (SSSR count). The van der Waals surface area contributed by atoms with E-state index in [1.54, 1.807) is 110 Å². The Morgan fingerprint density at radius 3 is 1.00 bits per heavy atom. The number of benzene rings is 7. The molecule has 0 aliphatic rings. The maximum atomic E-state index is 9.11. The standard InChI is InChI=1S/C19H17N5.C19H11N3.C12H7BrN2.C8H8BNO.C6H6BBrO2.C6H3BrN2/c20-18(21)15-7-5-13(6-8-15)12-1-3-14(4-2-12)16-9-10-17(19(22)23)24-11-16;1-21-18-9-6-15(7-10-18)14-2-4-16(5-3-14)17-8-11-19(12-20)22-13-17;13-11-4-1-9(2-5-11)10-3-6-12(7-14)15-8-10;1-9(11)7-3-5-8(10-2)6-4-7;8-6-3-1-5(2-4-6)7(9)10;7-5-1-2-6(3-8)9-4-5/h1-11H,(H3,20,21)(H3,22,23);2-11,13H;1-6,8H;3-6,11H,1H3;1-4,9-10H;1-2,4H. The van der Waals surface area contributed by atoms with Crippen molar-refractivity contribution in [2.24, 2.45) is 11.5 Å². The van der Waals surface area contributed by atoms with Gasteiger partial charge in [0.2, 0.25) is 0 Å². The fourth-order valence-electron chi connectivity index (χ4n) is 7.81. The van der Waals surface area contributed by atoms with Crippen molar-refractivity contribution in [3.63, 3.8) is 0 Å². The second-order valence-corrected chi connectivity index (χ2v) is 21.8. The summed E-state index contributed by atoms with van der Waals surface area (Å²) in [5, 5.41) is 66.9. The summed E-state index contributed by atoms with van der Waals surface area (Å²) in [5.74, 6) is 0.0318. The number of hydrogen-bond acceptors (Lipinski definition) is 12. The lowest BCUT2D eigenvalue weighted by Crippen LogP contribution is -2.29. The molecular formula is C70H52B2Br3N13O3. The van der Waals surface area contributed by atoms with Crippen LogP contribution in [0, 0.1) is 58.0 Å². The van der Waals surface area contributed by atoms with Gasteiger partial charge in [-0.15, -0.1) is 0 Å². The number of rotatable bonds is 9. The van der Waals surface area contributed by atoms with Gasteiger partial charge in [-0.05, 0) is 127 Å². The van der Waals surface area contributed by atoms with E-state index in [4.69, 9.17) is 66.3 Å². The molecule has 0 bridgehead atoms. The quantitative estimate of drug-likeness (QED) is 0.0307. The van der Waals surface area contributed by atoms with Crippen LogP contribution in [0.5, 0.6) is 0 Å². The molecule has 7 aromatic carbocycles. The SMILES string of the molecule is N#Cc1ccc(-c2ccc(Br)cc2)cn1.N#Cc1ccc(Br)cn1.N=C(N)c1ccc(-c2ccc(-c3ccc(C(=N)N)nc3)cc2)cc1.OB(O)c1ccc(Br)cc1.[C-]#[N+]c1ccc(-c2ccc(-c3ccc(C#N)nc3)cc2)cc1.[C-]#[N+]c1ccc(B(C)O)cc1. The van der Waals surface area contributed by atoms with Gasteiger partial charge in [0.15, 0.2) is 11.4 Å². The van der Waals surface area contributed by atoms with Gasteiger partial charge < -0.3 is 26.5 Å². The number of halogens is 3. The van der Waals surface area contributed by atoms with Crippen molar-refractivity contribution in [2.45, 2.75) is 6.82 Å². The molecule has 0 saturated carbocycles. The molecule has 0 atom stereocenters. The monoisotopic (exact) mass is 1380 g/mol. The number of nitrogens with two attached hydrogens (primary N) is 2. The first-order valence-electron chi connectivity index (χ1n) is 27.1. The van der Waals surface area contributed by atoms with E-state index < -0.39 is 14.0 Å². The van der Waals surface area contributed by atoms with Crippen LogP contribution in [0.4, 0.5) is 11.4 Å². The summed E-state index contributed by atoms with van der Waals surface area (Å²) in [4.78, 5) is 22.7. The summed E-state index contributed by atoms with van der Waals surface area (Å²) in [6, 6.07) is 73.4. The minimum Gasteiger partial charge on any atom is -0.447 e.